The van der Waals surface area contributed by atoms with Gasteiger partial charge in [-0.3, -0.25) is 14.2 Å². The first kappa shape index (κ1) is 21.3. The van der Waals surface area contributed by atoms with Gasteiger partial charge in [-0.1, -0.05) is 29.3 Å². The number of hydrogen-bond donors (Lipinski definition) is 2. The zero-order valence-electron chi connectivity index (χ0n) is 15.1. The molecule has 0 unspecified atom stereocenters. The van der Waals surface area contributed by atoms with Gasteiger partial charge in [0, 0.05) is 18.9 Å². The summed E-state index contributed by atoms with van der Waals surface area (Å²) in [4.78, 5) is 41.7. The number of fused-ring (bicyclic) bond motifs is 1. The van der Waals surface area contributed by atoms with Gasteiger partial charge >= 0.3 is 5.97 Å². The van der Waals surface area contributed by atoms with Crippen molar-refractivity contribution in [1.29, 1.82) is 0 Å². The summed E-state index contributed by atoms with van der Waals surface area (Å²) in [7, 11) is 1.50. The number of aromatic nitrogens is 2. The number of carboxylic acids is 1. The SMILES string of the molecule is COCCc1nc2scc(C(=O)O)c2c(=O)n1CC(=O)Nc1cccc(Cl)c1Cl. The van der Waals surface area contributed by atoms with Crippen LogP contribution in [-0.2, 0) is 22.5 Å². The van der Waals surface area contributed by atoms with Gasteiger partial charge in [0.15, 0.2) is 0 Å². The van der Waals surface area contributed by atoms with Gasteiger partial charge in [0.2, 0.25) is 5.91 Å². The minimum atomic E-state index is -1.23. The van der Waals surface area contributed by atoms with Crippen molar-refractivity contribution in [1.82, 2.24) is 9.55 Å². The van der Waals surface area contributed by atoms with Crippen molar-refractivity contribution < 1.29 is 19.4 Å². The number of amides is 1. The molecule has 0 spiro atoms. The molecule has 152 valence electrons. The van der Waals surface area contributed by atoms with Crippen LogP contribution >= 0.6 is 34.5 Å². The first-order chi connectivity index (χ1) is 13.8. The number of carbonyl (C=O) groups excluding carboxylic acids is 1. The number of hydrogen-bond acceptors (Lipinski definition) is 6. The number of nitrogens with zero attached hydrogens (tertiary/aromatic N) is 2. The molecule has 0 atom stereocenters. The number of aromatic carboxylic acids is 1. The summed E-state index contributed by atoms with van der Waals surface area (Å²) in [5, 5.41) is 13.7. The van der Waals surface area contributed by atoms with E-state index in [0.29, 0.717) is 16.3 Å². The molecule has 11 heteroatoms. The Labute approximate surface area is 178 Å². The first-order valence-electron chi connectivity index (χ1n) is 8.30. The Kier molecular flexibility index (Phi) is 6.53. The lowest BCUT2D eigenvalue weighted by Gasteiger charge is -2.13. The van der Waals surface area contributed by atoms with E-state index in [2.05, 4.69) is 10.3 Å². The normalized spacial score (nSPS) is 11.0. The van der Waals surface area contributed by atoms with Crippen LogP contribution in [0.5, 0.6) is 0 Å². The highest BCUT2D eigenvalue weighted by Gasteiger charge is 2.21. The van der Waals surface area contributed by atoms with Gasteiger partial charge in [-0.2, -0.15) is 0 Å². The quantitative estimate of drug-likeness (QED) is 0.565. The first-order valence-corrected chi connectivity index (χ1v) is 9.94. The highest BCUT2D eigenvalue weighted by atomic mass is 35.5. The highest BCUT2D eigenvalue weighted by Crippen LogP contribution is 2.29. The molecule has 2 N–H and O–H groups in total. The van der Waals surface area contributed by atoms with Crippen molar-refractivity contribution in [2.45, 2.75) is 13.0 Å². The summed E-state index contributed by atoms with van der Waals surface area (Å²) in [6.45, 7) is -0.102. The number of nitrogens with one attached hydrogen (secondary N) is 1. The van der Waals surface area contributed by atoms with Gasteiger partial charge in [0.25, 0.3) is 5.56 Å². The summed E-state index contributed by atoms with van der Waals surface area (Å²) < 4.78 is 6.19. The van der Waals surface area contributed by atoms with Crippen LogP contribution in [0.4, 0.5) is 5.69 Å². The largest absolute Gasteiger partial charge is 0.478 e. The Morgan fingerprint density at radius 1 is 1.34 bits per heavy atom. The number of carboxylic acid groups (broad SMARTS) is 1. The number of rotatable bonds is 7. The minimum absolute atomic E-state index is 0.0303. The predicted molar refractivity (Wildman–Crippen MR) is 112 cm³/mol. The van der Waals surface area contributed by atoms with Gasteiger partial charge in [-0.25, -0.2) is 9.78 Å². The second-order valence-electron chi connectivity index (χ2n) is 5.95. The zero-order chi connectivity index (χ0) is 21.1. The molecule has 29 heavy (non-hydrogen) atoms. The lowest BCUT2D eigenvalue weighted by Crippen LogP contribution is -2.32. The van der Waals surface area contributed by atoms with Gasteiger partial charge in [-0.15, -0.1) is 11.3 Å². The molecule has 0 radical (unpaired) electrons. The average Bonchev–Trinajstić information content (AvgIpc) is 3.11. The molecule has 3 aromatic rings. The summed E-state index contributed by atoms with van der Waals surface area (Å²) in [6.07, 6.45) is 0.271. The van der Waals surface area contributed by atoms with Gasteiger partial charge in [0.05, 0.1) is 33.3 Å². The molecule has 2 aromatic heterocycles. The van der Waals surface area contributed by atoms with E-state index in [-0.39, 0.29) is 40.6 Å². The minimum Gasteiger partial charge on any atom is -0.478 e. The number of methoxy groups -OCH3 is 1. The van der Waals surface area contributed by atoms with E-state index in [0.717, 1.165) is 15.9 Å². The Bertz CT molecular complexity index is 1160. The fraction of sp³-hybridized carbons (Fsp3) is 0.222. The molecule has 0 saturated heterocycles. The maximum atomic E-state index is 13.0. The summed E-state index contributed by atoms with van der Waals surface area (Å²) >= 11 is 13.1. The molecule has 1 aromatic carbocycles. The summed E-state index contributed by atoms with van der Waals surface area (Å²) in [6, 6.07) is 4.77. The van der Waals surface area contributed by atoms with E-state index in [4.69, 9.17) is 27.9 Å². The number of anilines is 1. The number of ether oxygens (including phenoxy) is 1. The smallest absolute Gasteiger partial charge is 0.337 e. The van der Waals surface area contributed by atoms with Crippen molar-refractivity contribution in [3.63, 3.8) is 0 Å². The van der Waals surface area contributed by atoms with Crippen LogP contribution in [0.1, 0.15) is 16.2 Å². The van der Waals surface area contributed by atoms with Crippen molar-refractivity contribution >= 4 is 62.3 Å². The van der Waals surface area contributed by atoms with E-state index in [1.807, 2.05) is 0 Å². The van der Waals surface area contributed by atoms with Crippen molar-refractivity contribution in [3.05, 3.63) is 55.4 Å². The number of thiophene rings is 1. The fourth-order valence-electron chi connectivity index (χ4n) is 2.70. The van der Waals surface area contributed by atoms with E-state index < -0.39 is 17.4 Å². The van der Waals surface area contributed by atoms with Crippen molar-refractivity contribution in [3.8, 4) is 0 Å². The van der Waals surface area contributed by atoms with Crippen LogP contribution in [0.15, 0.2) is 28.4 Å². The van der Waals surface area contributed by atoms with Crippen LogP contribution in [-0.4, -0.2) is 40.3 Å². The van der Waals surface area contributed by atoms with E-state index >= 15 is 0 Å². The third kappa shape index (κ3) is 4.43. The monoisotopic (exact) mass is 455 g/mol. The second-order valence-corrected chi connectivity index (χ2v) is 7.59. The third-order valence-corrected chi connectivity index (χ3v) is 5.75. The Hall–Kier alpha value is -2.46. The molecule has 3 rings (SSSR count). The lowest BCUT2D eigenvalue weighted by molar-refractivity contribution is -0.116. The highest BCUT2D eigenvalue weighted by molar-refractivity contribution is 7.17. The van der Waals surface area contributed by atoms with Crippen LogP contribution in [0.3, 0.4) is 0 Å². The Balaban J connectivity index is 2.01. The maximum Gasteiger partial charge on any atom is 0.337 e. The molecule has 0 fully saturated rings. The van der Waals surface area contributed by atoms with E-state index in [9.17, 15) is 19.5 Å². The Morgan fingerprint density at radius 3 is 2.79 bits per heavy atom. The van der Waals surface area contributed by atoms with Crippen LogP contribution in [0, 0.1) is 0 Å². The number of halogens is 2. The van der Waals surface area contributed by atoms with Crippen molar-refractivity contribution in [2.24, 2.45) is 0 Å². The zero-order valence-corrected chi connectivity index (χ0v) is 17.4. The lowest BCUT2D eigenvalue weighted by atomic mass is 10.2. The molecular weight excluding hydrogens is 441 g/mol. The van der Waals surface area contributed by atoms with Crippen LogP contribution in [0.2, 0.25) is 10.0 Å². The number of carbonyl (C=O) groups is 2. The topological polar surface area (TPSA) is 111 Å². The van der Waals surface area contributed by atoms with Gasteiger partial charge in [-0.05, 0) is 12.1 Å². The van der Waals surface area contributed by atoms with Crippen LogP contribution < -0.4 is 10.9 Å². The molecule has 0 saturated carbocycles. The van der Waals surface area contributed by atoms with E-state index in [1.165, 1.54) is 12.5 Å². The standard InChI is InChI=1S/C18H15Cl2N3O5S/c1-28-6-5-12-22-16-14(9(8-29-16)18(26)27)17(25)23(12)7-13(24)21-11-4-2-3-10(19)15(11)20/h2-4,8H,5-7H2,1H3,(H,21,24)(H,26,27). The molecule has 0 bridgehead atoms. The molecule has 0 aliphatic carbocycles. The molecule has 8 nitrogen and oxygen atoms in total. The third-order valence-electron chi connectivity index (χ3n) is 4.06. The van der Waals surface area contributed by atoms with Crippen molar-refractivity contribution in [2.75, 3.05) is 19.0 Å². The number of benzene rings is 1. The predicted octanol–water partition coefficient (Wildman–Crippen LogP) is 3.29. The molecule has 0 aliphatic heterocycles. The average molecular weight is 456 g/mol. The van der Waals surface area contributed by atoms with Gasteiger partial charge in [0.1, 0.15) is 17.2 Å². The maximum absolute atomic E-state index is 13.0. The molecular formula is C18H15Cl2N3O5S. The fourth-order valence-corrected chi connectivity index (χ4v) is 3.97. The summed E-state index contributed by atoms with van der Waals surface area (Å²) in [5.41, 5.74) is -0.452. The van der Waals surface area contributed by atoms with E-state index in [1.54, 1.807) is 18.2 Å². The Morgan fingerprint density at radius 2 is 2.10 bits per heavy atom. The molecule has 0 aliphatic rings. The molecule has 2 heterocycles. The molecule has 1 amide bonds. The van der Waals surface area contributed by atoms with Gasteiger partial charge < -0.3 is 15.2 Å². The summed E-state index contributed by atoms with van der Waals surface area (Å²) in [5.74, 6) is -1.46. The second kappa shape index (κ2) is 8.91. The van der Waals surface area contributed by atoms with Crippen LogP contribution in [0.25, 0.3) is 10.2 Å².